The van der Waals surface area contributed by atoms with Crippen LogP contribution in [0, 0.1) is 5.82 Å². The highest BCUT2D eigenvalue weighted by Crippen LogP contribution is 2.31. The Morgan fingerprint density at radius 3 is 2.54 bits per heavy atom. The molecule has 24 heavy (non-hydrogen) atoms. The van der Waals surface area contributed by atoms with Crippen LogP contribution in [-0.4, -0.2) is 16.6 Å². The minimum atomic E-state index is -0.620. The fourth-order valence-corrected chi connectivity index (χ4v) is 1.96. The third-order valence-corrected chi connectivity index (χ3v) is 2.97. The lowest BCUT2D eigenvalue weighted by molar-refractivity contribution is -0.153. The van der Waals surface area contributed by atoms with Crippen molar-refractivity contribution in [1.82, 2.24) is 4.98 Å². The summed E-state index contributed by atoms with van der Waals surface area (Å²) < 4.78 is 24.8. The molecule has 0 aliphatic heterocycles. The van der Waals surface area contributed by atoms with Crippen LogP contribution in [0.3, 0.4) is 0 Å². The second-order valence-electron chi connectivity index (χ2n) is 6.24. The molecule has 0 saturated carbocycles. The van der Waals surface area contributed by atoms with Gasteiger partial charge >= 0.3 is 5.97 Å². The van der Waals surface area contributed by atoms with Crippen LogP contribution in [0.15, 0.2) is 30.5 Å². The standard InChI is InChI=1S/C17H20FN3O3/c1-17(2,3)24-14(22)9-10-4-5-12(11(18)8-10)23-13-6-7-21-16(20)15(13)19/h4-8H,9,19H2,1-3H3,(H2,20,21). The van der Waals surface area contributed by atoms with Crippen LogP contribution in [0.5, 0.6) is 11.5 Å². The molecule has 0 radical (unpaired) electrons. The number of ether oxygens (including phenoxy) is 2. The number of halogens is 1. The number of nitrogen functional groups attached to an aromatic ring is 2. The Kier molecular flexibility index (Phi) is 4.92. The van der Waals surface area contributed by atoms with Crippen LogP contribution in [0.4, 0.5) is 15.9 Å². The predicted octanol–water partition coefficient (Wildman–Crippen LogP) is 3.06. The summed E-state index contributed by atoms with van der Waals surface area (Å²) >= 11 is 0. The number of aromatic nitrogens is 1. The van der Waals surface area contributed by atoms with Crippen LogP contribution in [0.25, 0.3) is 0 Å². The average Bonchev–Trinajstić information content (AvgIpc) is 2.44. The Labute approximate surface area is 139 Å². The van der Waals surface area contributed by atoms with E-state index in [1.807, 2.05) is 0 Å². The molecule has 0 spiro atoms. The number of rotatable bonds is 4. The summed E-state index contributed by atoms with van der Waals surface area (Å²) in [7, 11) is 0. The molecule has 0 fully saturated rings. The molecule has 0 saturated heterocycles. The van der Waals surface area contributed by atoms with Crippen LogP contribution in [0.2, 0.25) is 0 Å². The summed E-state index contributed by atoms with van der Waals surface area (Å²) in [6, 6.07) is 5.72. The molecule has 0 bridgehead atoms. The summed E-state index contributed by atoms with van der Waals surface area (Å²) in [5.41, 5.74) is 11.4. The topological polar surface area (TPSA) is 100 Å². The van der Waals surface area contributed by atoms with Crippen molar-refractivity contribution in [3.8, 4) is 11.5 Å². The zero-order valence-electron chi connectivity index (χ0n) is 13.8. The van der Waals surface area contributed by atoms with Gasteiger partial charge in [-0.15, -0.1) is 0 Å². The first-order chi connectivity index (χ1) is 11.2. The quantitative estimate of drug-likeness (QED) is 0.834. The van der Waals surface area contributed by atoms with E-state index in [0.29, 0.717) is 5.56 Å². The zero-order valence-corrected chi connectivity index (χ0v) is 13.8. The average molecular weight is 333 g/mol. The second-order valence-corrected chi connectivity index (χ2v) is 6.24. The van der Waals surface area contributed by atoms with Gasteiger partial charge in [0.15, 0.2) is 17.3 Å². The minimum absolute atomic E-state index is 0.0276. The van der Waals surface area contributed by atoms with Gasteiger partial charge in [-0.1, -0.05) is 6.07 Å². The molecule has 0 aliphatic rings. The van der Waals surface area contributed by atoms with Crippen LogP contribution >= 0.6 is 0 Å². The van der Waals surface area contributed by atoms with E-state index in [2.05, 4.69) is 4.98 Å². The Hall–Kier alpha value is -2.83. The molecular formula is C17H20FN3O3. The van der Waals surface area contributed by atoms with Gasteiger partial charge in [0.05, 0.1) is 6.42 Å². The van der Waals surface area contributed by atoms with E-state index in [1.54, 1.807) is 26.8 Å². The van der Waals surface area contributed by atoms with E-state index in [0.717, 1.165) is 0 Å². The van der Waals surface area contributed by atoms with E-state index in [-0.39, 0.29) is 29.4 Å². The van der Waals surface area contributed by atoms with Crippen molar-refractivity contribution in [2.75, 3.05) is 11.5 Å². The molecule has 0 unspecified atom stereocenters. The molecule has 0 amide bonds. The van der Waals surface area contributed by atoms with Gasteiger partial charge in [-0.25, -0.2) is 9.37 Å². The maximum atomic E-state index is 14.2. The smallest absolute Gasteiger partial charge is 0.310 e. The molecule has 1 aromatic carbocycles. The zero-order chi connectivity index (χ0) is 17.9. The number of nitrogens with two attached hydrogens (primary N) is 2. The Balaban J connectivity index is 2.12. The number of esters is 1. The van der Waals surface area contributed by atoms with Gasteiger partial charge in [-0.05, 0) is 38.5 Å². The Morgan fingerprint density at radius 1 is 1.21 bits per heavy atom. The first kappa shape index (κ1) is 17.5. The van der Waals surface area contributed by atoms with Gasteiger partial charge in [-0.3, -0.25) is 4.79 Å². The van der Waals surface area contributed by atoms with Crippen molar-refractivity contribution in [2.24, 2.45) is 0 Å². The number of hydrogen-bond acceptors (Lipinski definition) is 6. The van der Waals surface area contributed by atoms with E-state index in [4.69, 9.17) is 20.9 Å². The molecule has 4 N–H and O–H groups in total. The van der Waals surface area contributed by atoms with Gasteiger partial charge < -0.3 is 20.9 Å². The number of carbonyl (C=O) groups is 1. The molecule has 2 aromatic rings. The largest absolute Gasteiger partial charge is 0.460 e. The van der Waals surface area contributed by atoms with Crippen molar-refractivity contribution >= 4 is 17.5 Å². The first-order valence-electron chi connectivity index (χ1n) is 7.34. The minimum Gasteiger partial charge on any atom is -0.460 e. The van der Waals surface area contributed by atoms with Crippen molar-refractivity contribution < 1.29 is 18.7 Å². The Bertz CT molecular complexity index is 757. The maximum Gasteiger partial charge on any atom is 0.310 e. The van der Waals surface area contributed by atoms with Crippen LogP contribution < -0.4 is 16.2 Å². The second kappa shape index (κ2) is 6.74. The van der Waals surface area contributed by atoms with Gasteiger partial charge in [0.2, 0.25) is 0 Å². The van der Waals surface area contributed by atoms with Gasteiger partial charge in [0.1, 0.15) is 17.1 Å². The fraction of sp³-hybridized carbons (Fsp3) is 0.294. The van der Waals surface area contributed by atoms with E-state index in [9.17, 15) is 9.18 Å². The summed E-state index contributed by atoms with van der Waals surface area (Å²) in [4.78, 5) is 15.6. The van der Waals surface area contributed by atoms with Gasteiger partial charge in [-0.2, -0.15) is 0 Å². The molecule has 7 heteroatoms. The van der Waals surface area contributed by atoms with Crippen molar-refractivity contribution in [3.05, 3.63) is 41.8 Å². The molecule has 6 nitrogen and oxygen atoms in total. The summed E-state index contributed by atoms with van der Waals surface area (Å²) in [5.74, 6) is -0.761. The van der Waals surface area contributed by atoms with Crippen molar-refractivity contribution in [3.63, 3.8) is 0 Å². The number of nitrogens with zero attached hydrogens (tertiary/aromatic N) is 1. The number of carbonyl (C=O) groups excluding carboxylic acids is 1. The molecule has 1 aromatic heterocycles. The lowest BCUT2D eigenvalue weighted by atomic mass is 10.1. The SMILES string of the molecule is CC(C)(C)OC(=O)Cc1ccc(Oc2ccnc(N)c2N)c(F)c1. The highest BCUT2D eigenvalue weighted by atomic mass is 19.1. The molecule has 0 atom stereocenters. The van der Waals surface area contributed by atoms with Crippen LogP contribution in [0.1, 0.15) is 26.3 Å². The third-order valence-electron chi connectivity index (χ3n) is 2.97. The summed E-state index contributed by atoms with van der Waals surface area (Å²) in [6.45, 7) is 5.31. The van der Waals surface area contributed by atoms with E-state index < -0.39 is 17.4 Å². The van der Waals surface area contributed by atoms with Crippen molar-refractivity contribution in [1.29, 1.82) is 0 Å². The monoisotopic (exact) mass is 333 g/mol. The molecule has 2 rings (SSSR count). The Morgan fingerprint density at radius 2 is 1.92 bits per heavy atom. The summed E-state index contributed by atoms with van der Waals surface area (Å²) in [5, 5.41) is 0. The maximum absolute atomic E-state index is 14.2. The third kappa shape index (κ3) is 4.58. The van der Waals surface area contributed by atoms with E-state index in [1.165, 1.54) is 24.4 Å². The highest BCUT2D eigenvalue weighted by molar-refractivity contribution is 5.73. The predicted molar refractivity (Wildman–Crippen MR) is 89.1 cm³/mol. The number of anilines is 2. The lowest BCUT2D eigenvalue weighted by Gasteiger charge is -2.19. The van der Waals surface area contributed by atoms with Gasteiger partial charge in [0, 0.05) is 12.3 Å². The highest BCUT2D eigenvalue weighted by Gasteiger charge is 2.17. The molecule has 1 heterocycles. The lowest BCUT2D eigenvalue weighted by Crippen LogP contribution is -2.24. The molecule has 0 aliphatic carbocycles. The molecular weight excluding hydrogens is 313 g/mol. The first-order valence-corrected chi connectivity index (χ1v) is 7.34. The molecule has 128 valence electrons. The summed E-state index contributed by atoms with van der Waals surface area (Å²) in [6.07, 6.45) is 1.38. The van der Waals surface area contributed by atoms with Crippen molar-refractivity contribution in [2.45, 2.75) is 32.8 Å². The van der Waals surface area contributed by atoms with Gasteiger partial charge in [0.25, 0.3) is 0 Å². The fourth-order valence-electron chi connectivity index (χ4n) is 1.96. The number of pyridine rings is 1. The number of hydrogen-bond donors (Lipinski definition) is 2. The number of benzene rings is 1. The normalized spacial score (nSPS) is 11.2. The van der Waals surface area contributed by atoms with E-state index >= 15 is 0 Å². The van der Waals surface area contributed by atoms with Crippen LogP contribution in [-0.2, 0) is 16.0 Å².